The fourth-order valence-corrected chi connectivity index (χ4v) is 0.866. The molecule has 0 aliphatic rings. The van der Waals surface area contributed by atoms with Crippen LogP contribution in [0.25, 0.3) is 0 Å². The molecule has 1 heteroatoms. The van der Waals surface area contributed by atoms with E-state index in [1.165, 1.54) is 0 Å². The lowest BCUT2D eigenvalue weighted by Crippen LogP contribution is -3.19. The Hall–Kier alpha value is -0.0400. The van der Waals surface area contributed by atoms with Crippen LogP contribution in [0.3, 0.4) is 0 Å². The van der Waals surface area contributed by atoms with Crippen LogP contribution in [0.2, 0.25) is 0 Å². The Bertz CT molecular complexity index is 79.1. The van der Waals surface area contributed by atoms with Crippen LogP contribution in [0.1, 0.15) is 34.6 Å². The predicted molar refractivity (Wildman–Crippen MR) is 41.8 cm³/mol. The van der Waals surface area contributed by atoms with Crippen LogP contribution in [0.4, 0.5) is 0 Å². The highest BCUT2D eigenvalue weighted by molar-refractivity contribution is 4.56. The van der Waals surface area contributed by atoms with Gasteiger partial charge in [0.05, 0.1) is 18.6 Å². The molecule has 0 aromatic rings. The van der Waals surface area contributed by atoms with Gasteiger partial charge in [-0.05, 0) is 34.6 Å². The summed E-state index contributed by atoms with van der Waals surface area (Å²) in [6, 6.07) is 0.727. The van der Waals surface area contributed by atoms with Crippen LogP contribution in [-0.4, -0.2) is 18.6 Å². The third kappa shape index (κ3) is 2.85. The summed E-state index contributed by atoms with van der Waals surface area (Å²) in [6.45, 7) is 11.3. The first-order valence-electron chi connectivity index (χ1n) is 3.69. The monoisotopic (exact) mass is 130 g/mol. The van der Waals surface area contributed by atoms with Gasteiger partial charge in [-0.3, -0.25) is 0 Å². The van der Waals surface area contributed by atoms with Gasteiger partial charge in [0.15, 0.2) is 0 Å². The molecule has 56 valence electrons. The number of quaternary nitrogens is 1. The van der Waals surface area contributed by atoms with Gasteiger partial charge in [-0.15, -0.1) is 0 Å². The molecule has 0 heterocycles. The lowest BCUT2D eigenvalue weighted by Gasteiger charge is -2.31. The normalized spacial score (nSPS) is 16.3. The summed E-state index contributed by atoms with van der Waals surface area (Å²) in [6.07, 6.45) is 0. The molecule has 1 unspecified atom stereocenters. The lowest BCUT2D eigenvalue weighted by atomic mass is 10.1. The zero-order valence-corrected chi connectivity index (χ0v) is 7.58. The molecule has 0 aliphatic carbocycles. The van der Waals surface area contributed by atoms with E-state index in [0.717, 1.165) is 6.04 Å². The van der Waals surface area contributed by atoms with Crippen molar-refractivity contribution in [3.05, 3.63) is 0 Å². The standard InChI is InChI=1S/C8H19N/c1-7(2)9(6)8(3,4)5/h7H,1-6H3/p+1. The Kier molecular flexibility index (Phi) is 2.68. The summed E-state index contributed by atoms with van der Waals surface area (Å²) in [5.41, 5.74) is 0.397. The molecule has 0 bridgehead atoms. The van der Waals surface area contributed by atoms with Gasteiger partial charge >= 0.3 is 0 Å². The summed E-state index contributed by atoms with van der Waals surface area (Å²) in [5.74, 6) is 0. The summed E-state index contributed by atoms with van der Waals surface area (Å²) in [4.78, 5) is 1.59. The smallest absolute Gasteiger partial charge is 0.0891 e. The van der Waals surface area contributed by atoms with Crippen LogP contribution >= 0.6 is 0 Å². The maximum Gasteiger partial charge on any atom is 0.0891 e. The van der Waals surface area contributed by atoms with E-state index in [2.05, 4.69) is 41.7 Å². The topological polar surface area (TPSA) is 4.44 Å². The number of hydrogen-bond donors (Lipinski definition) is 1. The molecule has 9 heavy (non-hydrogen) atoms. The third-order valence-corrected chi connectivity index (χ3v) is 2.05. The Morgan fingerprint density at radius 1 is 1.11 bits per heavy atom. The predicted octanol–water partition coefficient (Wildman–Crippen LogP) is 0.708. The maximum absolute atomic E-state index is 2.27. The summed E-state index contributed by atoms with van der Waals surface area (Å²) in [5, 5.41) is 0. The van der Waals surface area contributed by atoms with Crippen molar-refractivity contribution >= 4 is 0 Å². The second-order valence-electron chi connectivity index (χ2n) is 4.09. The van der Waals surface area contributed by atoms with E-state index in [9.17, 15) is 0 Å². The largest absolute Gasteiger partial charge is 0.331 e. The SMILES string of the molecule is CC(C)[NH+](C)C(C)(C)C. The van der Waals surface area contributed by atoms with Crippen molar-refractivity contribution in [2.45, 2.75) is 46.2 Å². The highest BCUT2D eigenvalue weighted by Crippen LogP contribution is 1.92. The molecule has 1 atom stereocenters. The average molecular weight is 130 g/mol. The first kappa shape index (κ1) is 8.96. The van der Waals surface area contributed by atoms with Crippen molar-refractivity contribution in [1.29, 1.82) is 0 Å². The van der Waals surface area contributed by atoms with Gasteiger partial charge in [-0.25, -0.2) is 0 Å². The molecular weight excluding hydrogens is 110 g/mol. The number of hydrogen-bond acceptors (Lipinski definition) is 0. The molecule has 1 nitrogen and oxygen atoms in total. The van der Waals surface area contributed by atoms with Crippen LogP contribution in [0, 0.1) is 0 Å². The zero-order valence-electron chi connectivity index (χ0n) is 7.58. The van der Waals surface area contributed by atoms with E-state index in [0.29, 0.717) is 5.54 Å². The Labute approximate surface area is 59.1 Å². The van der Waals surface area contributed by atoms with Gasteiger partial charge in [0.25, 0.3) is 0 Å². The van der Waals surface area contributed by atoms with Crippen molar-refractivity contribution in [1.82, 2.24) is 0 Å². The van der Waals surface area contributed by atoms with Gasteiger partial charge in [-0.1, -0.05) is 0 Å². The molecular formula is C8H20N+. The molecule has 0 spiro atoms. The van der Waals surface area contributed by atoms with Crippen molar-refractivity contribution in [3.63, 3.8) is 0 Å². The van der Waals surface area contributed by atoms with Crippen LogP contribution < -0.4 is 4.90 Å². The Balaban J connectivity index is 3.88. The minimum atomic E-state index is 0.397. The molecule has 0 saturated heterocycles. The average Bonchev–Trinajstić information content (AvgIpc) is 1.62. The fraction of sp³-hybridized carbons (Fsp3) is 1.00. The Morgan fingerprint density at radius 3 is 1.44 bits per heavy atom. The van der Waals surface area contributed by atoms with Crippen LogP contribution in [0.5, 0.6) is 0 Å². The van der Waals surface area contributed by atoms with E-state index in [1.54, 1.807) is 4.90 Å². The van der Waals surface area contributed by atoms with Crippen molar-refractivity contribution in [3.8, 4) is 0 Å². The van der Waals surface area contributed by atoms with Crippen molar-refractivity contribution in [2.24, 2.45) is 0 Å². The fourth-order valence-electron chi connectivity index (χ4n) is 0.866. The van der Waals surface area contributed by atoms with Gasteiger partial charge in [0.2, 0.25) is 0 Å². The minimum absolute atomic E-state index is 0.397. The first-order chi connectivity index (χ1) is 3.85. The Morgan fingerprint density at radius 2 is 1.44 bits per heavy atom. The molecule has 0 aliphatic heterocycles. The van der Waals surface area contributed by atoms with Gasteiger partial charge in [-0.2, -0.15) is 0 Å². The van der Waals surface area contributed by atoms with Gasteiger partial charge in [0.1, 0.15) is 0 Å². The molecule has 1 N–H and O–H groups in total. The molecule has 0 rings (SSSR count). The van der Waals surface area contributed by atoms with Gasteiger partial charge in [0, 0.05) is 0 Å². The summed E-state index contributed by atoms with van der Waals surface area (Å²) < 4.78 is 0. The quantitative estimate of drug-likeness (QED) is 0.533. The van der Waals surface area contributed by atoms with Crippen molar-refractivity contribution in [2.75, 3.05) is 7.05 Å². The summed E-state index contributed by atoms with van der Waals surface area (Å²) in [7, 11) is 2.24. The minimum Gasteiger partial charge on any atom is -0.331 e. The molecule has 0 fully saturated rings. The van der Waals surface area contributed by atoms with Crippen LogP contribution in [-0.2, 0) is 0 Å². The molecule has 0 saturated carbocycles. The zero-order chi connectivity index (χ0) is 7.65. The van der Waals surface area contributed by atoms with E-state index < -0.39 is 0 Å². The summed E-state index contributed by atoms with van der Waals surface area (Å²) >= 11 is 0. The first-order valence-corrected chi connectivity index (χ1v) is 3.69. The molecule has 0 amide bonds. The number of nitrogens with one attached hydrogen (secondary N) is 1. The highest BCUT2D eigenvalue weighted by Gasteiger charge is 2.22. The van der Waals surface area contributed by atoms with E-state index >= 15 is 0 Å². The van der Waals surface area contributed by atoms with E-state index in [1.807, 2.05) is 0 Å². The van der Waals surface area contributed by atoms with Crippen LogP contribution in [0.15, 0.2) is 0 Å². The second kappa shape index (κ2) is 2.70. The van der Waals surface area contributed by atoms with E-state index in [-0.39, 0.29) is 0 Å². The third-order valence-electron chi connectivity index (χ3n) is 2.05. The second-order valence-corrected chi connectivity index (χ2v) is 4.09. The molecule has 0 aromatic heterocycles. The molecule has 0 aromatic carbocycles. The maximum atomic E-state index is 2.27. The van der Waals surface area contributed by atoms with Gasteiger partial charge < -0.3 is 4.90 Å². The van der Waals surface area contributed by atoms with E-state index in [4.69, 9.17) is 0 Å². The number of rotatable bonds is 1. The lowest BCUT2D eigenvalue weighted by molar-refractivity contribution is -0.948. The molecule has 0 radical (unpaired) electrons. The van der Waals surface area contributed by atoms with Crippen molar-refractivity contribution < 1.29 is 4.90 Å². The highest BCUT2D eigenvalue weighted by atomic mass is 15.2.